The van der Waals surface area contributed by atoms with Gasteiger partial charge in [0.15, 0.2) is 11.0 Å². The summed E-state index contributed by atoms with van der Waals surface area (Å²) < 4.78 is 7.22. The van der Waals surface area contributed by atoms with Crippen molar-refractivity contribution in [2.45, 2.75) is 36.6 Å². The molecule has 0 aliphatic carbocycles. The second-order valence-corrected chi connectivity index (χ2v) is 8.77. The molecule has 30 heavy (non-hydrogen) atoms. The van der Waals surface area contributed by atoms with Crippen LogP contribution in [0.1, 0.15) is 35.4 Å². The maximum Gasteiger partial charge on any atom is 0.260 e. The molecule has 0 spiro atoms. The Balaban J connectivity index is 1.55. The summed E-state index contributed by atoms with van der Waals surface area (Å²) in [5, 5.41) is 9.32. The third-order valence-corrected chi connectivity index (χ3v) is 6.70. The number of hydrogen-bond acceptors (Lipinski definition) is 6. The summed E-state index contributed by atoms with van der Waals surface area (Å²) in [6.07, 6.45) is 3.93. The van der Waals surface area contributed by atoms with Crippen LogP contribution in [0.25, 0.3) is 11.4 Å². The number of aromatic nitrogens is 3. The normalized spacial score (nSPS) is 17.2. The molecule has 1 saturated heterocycles. The van der Waals surface area contributed by atoms with Gasteiger partial charge in [0.25, 0.3) is 5.91 Å². The van der Waals surface area contributed by atoms with Crippen LogP contribution in [0.4, 0.5) is 0 Å². The summed E-state index contributed by atoms with van der Waals surface area (Å²) in [6, 6.07) is 8.45. The molecule has 4 rings (SSSR count). The van der Waals surface area contributed by atoms with E-state index in [1.165, 1.54) is 16.7 Å². The standard InChI is InChI=1S/C21H21ClN4O3S/c1-13-16(10-12-29-13)18-23-24-21(25(18)2)30-17-5-3-4-11-26(20(17)28)19(27)14-6-8-15(22)9-7-14/h6-10,12,17H,3-5,11H2,1-2H3/t17-/m0/s1. The summed E-state index contributed by atoms with van der Waals surface area (Å²) in [7, 11) is 1.86. The summed E-state index contributed by atoms with van der Waals surface area (Å²) in [4.78, 5) is 27.5. The van der Waals surface area contributed by atoms with Crippen molar-refractivity contribution in [3.8, 4) is 11.4 Å². The fourth-order valence-corrected chi connectivity index (χ4v) is 4.69. The van der Waals surface area contributed by atoms with E-state index in [0.29, 0.717) is 34.5 Å². The van der Waals surface area contributed by atoms with Gasteiger partial charge in [0.2, 0.25) is 5.91 Å². The SMILES string of the molecule is Cc1occc1-c1nnc(S[C@H]2CCCCN(C(=O)c3ccc(Cl)cc3)C2=O)n1C. The number of amides is 2. The minimum absolute atomic E-state index is 0.193. The smallest absolute Gasteiger partial charge is 0.260 e. The number of furan rings is 1. The fraction of sp³-hybridized carbons (Fsp3) is 0.333. The minimum atomic E-state index is -0.398. The predicted molar refractivity (Wildman–Crippen MR) is 114 cm³/mol. The Labute approximate surface area is 183 Å². The second-order valence-electron chi connectivity index (χ2n) is 7.16. The second kappa shape index (κ2) is 8.65. The molecule has 1 aliphatic rings. The van der Waals surface area contributed by atoms with Gasteiger partial charge >= 0.3 is 0 Å². The van der Waals surface area contributed by atoms with Gasteiger partial charge in [0, 0.05) is 24.2 Å². The number of imide groups is 1. The molecular weight excluding hydrogens is 424 g/mol. The number of thioether (sulfide) groups is 1. The Kier molecular flexibility index (Phi) is 5.97. The number of rotatable bonds is 4. The van der Waals surface area contributed by atoms with Crippen LogP contribution in [0, 0.1) is 6.92 Å². The summed E-state index contributed by atoms with van der Waals surface area (Å²) in [5.41, 5.74) is 1.32. The highest BCUT2D eigenvalue weighted by Gasteiger charge is 2.33. The highest BCUT2D eigenvalue weighted by Crippen LogP contribution is 2.32. The van der Waals surface area contributed by atoms with Crippen LogP contribution in [0.15, 0.2) is 46.2 Å². The monoisotopic (exact) mass is 444 g/mol. The molecular formula is C21H21ClN4O3S. The Morgan fingerprint density at radius 2 is 1.97 bits per heavy atom. The van der Waals surface area contributed by atoms with E-state index in [-0.39, 0.29) is 11.8 Å². The van der Waals surface area contributed by atoms with E-state index in [9.17, 15) is 9.59 Å². The Morgan fingerprint density at radius 1 is 1.20 bits per heavy atom. The van der Waals surface area contributed by atoms with Crippen molar-refractivity contribution in [1.29, 1.82) is 0 Å². The lowest BCUT2D eigenvalue weighted by molar-refractivity contribution is -0.127. The molecule has 0 N–H and O–H groups in total. The maximum atomic E-state index is 13.2. The molecule has 2 aromatic heterocycles. The first kappa shape index (κ1) is 20.7. The van der Waals surface area contributed by atoms with Crippen molar-refractivity contribution >= 4 is 35.2 Å². The van der Waals surface area contributed by atoms with E-state index in [1.807, 2.05) is 24.6 Å². The molecule has 0 saturated carbocycles. The number of carbonyl (C=O) groups is 2. The van der Waals surface area contributed by atoms with Crippen molar-refractivity contribution in [2.75, 3.05) is 6.54 Å². The van der Waals surface area contributed by atoms with Gasteiger partial charge in [-0.15, -0.1) is 10.2 Å². The number of halogens is 1. The molecule has 3 aromatic rings. The predicted octanol–water partition coefficient (Wildman–Crippen LogP) is 4.35. The fourth-order valence-electron chi connectivity index (χ4n) is 3.46. The van der Waals surface area contributed by atoms with E-state index in [1.54, 1.807) is 30.5 Å². The van der Waals surface area contributed by atoms with E-state index in [4.69, 9.17) is 16.0 Å². The van der Waals surface area contributed by atoms with Crippen LogP contribution in [-0.4, -0.2) is 43.3 Å². The lowest BCUT2D eigenvalue weighted by atomic mass is 10.2. The third-order valence-electron chi connectivity index (χ3n) is 5.16. The highest BCUT2D eigenvalue weighted by molar-refractivity contribution is 8.00. The van der Waals surface area contributed by atoms with Crippen LogP contribution in [-0.2, 0) is 11.8 Å². The first-order valence-electron chi connectivity index (χ1n) is 9.67. The highest BCUT2D eigenvalue weighted by atomic mass is 35.5. The lowest BCUT2D eigenvalue weighted by Gasteiger charge is -2.22. The van der Waals surface area contributed by atoms with Crippen LogP contribution >= 0.6 is 23.4 Å². The lowest BCUT2D eigenvalue weighted by Crippen LogP contribution is -2.41. The number of nitrogens with zero attached hydrogens (tertiary/aromatic N) is 4. The maximum absolute atomic E-state index is 13.2. The zero-order chi connectivity index (χ0) is 21.3. The van der Waals surface area contributed by atoms with Crippen molar-refractivity contribution in [2.24, 2.45) is 7.05 Å². The average Bonchev–Trinajstić information content (AvgIpc) is 3.26. The summed E-state index contributed by atoms with van der Waals surface area (Å²) >= 11 is 7.27. The van der Waals surface area contributed by atoms with Crippen LogP contribution in [0.2, 0.25) is 5.02 Å². The van der Waals surface area contributed by atoms with Gasteiger partial charge in [-0.3, -0.25) is 14.5 Å². The molecule has 7 nitrogen and oxygen atoms in total. The van der Waals surface area contributed by atoms with Gasteiger partial charge in [0.1, 0.15) is 5.76 Å². The number of aryl methyl sites for hydroxylation is 1. The molecule has 9 heteroatoms. The first-order valence-corrected chi connectivity index (χ1v) is 10.9. The Hall–Kier alpha value is -2.58. The largest absolute Gasteiger partial charge is 0.469 e. The van der Waals surface area contributed by atoms with Gasteiger partial charge in [0.05, 0.1) is 17.1 Å². The van der Waals surface area contributed by atoms with Crippen LogP contribution in [0.5, 0.6) is 0 Å². The van der Waals surface area contributed by atoms with Gasteiger partial charge in [-0.25, -0.2) is 0 Å². The zero-order valence-electron chi connectivity index (χ0n) is 16.7. The molecule has 156 valence electrons. The Bertz CT molecular complexity index is 1080. The molecule has 1 atom stereocenters. The minimum Gasteiger partial charge on any atom is -0.469 e. The molecule has 0 unspecified atom stereocenters. The van der Waals surface area contributed by atoms with Gasteiger partial charge < -0.3 is 8.98 Å². The number of benzene rings is 1. The average molecular weight is 445 g/mol. The van der Waals surface area contributed by atoms with Crippen molar-refractivity contribution in [3.05, 3.63) is 52.9 Å². The molecule has 1 aromatic carbocycles. The van der Waals surface area contributed by atoms with Crippen molar-refractivity contribution in [3.63, 3.8) is 0 Å². The van der Waals surface area contributed by atoms with E-state index in [0.717, 1.165) is 24.2 Å². The molecule has 0 bridgehead atoms. The van der Waals surface area contributed by atoms with Gasteiger partial charge in [-0.1, -0.05) is 29.8 Å². The third kappa shape index (κ3) is 4.02. The number of likely N-dealkylation sites (tertiary alicyclic amines) is 1. The first-order chi connectivity index (χ1) is 14.5. The van der Waals surface area contributed by atoms with E-state index in [2.05, 4.69) is 10.2 Å². The number of hydrogen-bond donors (Lipinski definition) is 0. The topological polar surface area (TPSA) is 81.2 Å². The van der Waals surface area contributed by atoms with Crippen molar-refractivity contribution in [1.82, 2.24) is 19.7 Å². The summed E-state index contributed by atoms with van der Waals surface area (Å²) in [6.45, 7) is 2.28. The van der Waals surface area contributed by atoms with E-state index >= 15 is 0 Å². The molecule has 1 aliphatic heterocycles. The van der Waals surface area contributed by atoms with Crippen LogP contribution < -0.4 is 0 Å². The van der Waals surface area contributed by atoms with E-state index < -0.39 is 5.25 Å². The van der Waals surface area contributed by atoms with Crippen molar-refractivity contribution < 1.29 is 14.0 Å². The molecule has 1 fully saturated rings. The quantitative estimate of drug-likeness (QED) is 0.556. The van der Waals surface area contributed by atoms with Gasteiger partial charge in [-0.05, 0) is 50.1 Å². The Morgan fingerprint density at radius 3 is 2.67 bits per heavy atom. The molecule has 3 heterocycles. The summed E-state index contributed by atoms with van der Waals surface area (Å²) in [5.74, 6) is 0.949. The zero-order valence-corrected chi connectivity index (χ0v) is 18.2. The number of carbonyl (C=O) groups excluding carboxylic acids is 2. The van der Waals surface area contributed by atoms with Crippen LogP contribution in [0.3, 0.4) is 0 Å². The van der Waals surface area contributed by atoms with Gasteiger partial charge in [-0.2, -0.15) is 0 Å². The molecule has 2 amide bonds. The molecule has 0 radical (unpaired) electrons.